The van der Waals surface area contributed by atoms with Crippen molar-refractivity contribution in [2.24, 2.45) is 0 Å². The Labute approximate surface area is 81.3 Å². The molecule has 4 heteroatoms. The molecule has 0 fully saturated rings. The highest BCUT2D eigenvalue weighted by Crippen LogP contribution is 2.21. The van der Waals surface area contributed by atoms with Gasteiger partial charge >= 0.3 is 0 Å². The molecule has 0 saturated carbocycles. The molecule has 0 unspecified atom stereocenters. The van der Waals surface area contributed by atoms with Crippen LogP contribution in [0.3, 0.4) is 0 Å². The minimum Gasteiger partial charge on any atom is -0.508 e. The summed E-state index contributed by atoms with van der Waals surface area (Å²) in [6.45, 7) is 0.497. The van der Waals surface area contributed by atoms with E-state index in [2.05, 4.69) is 5.32 Å². The van der Waals surface area contributed by atoms with Crippen LogP contribution in [0.15, 0.2) is 18.2 Å². The molecule has 70 valence electrons. The molecule has 0 spiro atoms. The lowest BCUT2D eigenvalue weighted by Crippen LogP contribution is -2.14. The van der Waals surface area contributed by atoms with Gasteiger partial charge in [0.2, 0.25) is 6.41 Å². The van der Waals surface area contributed by atoms with E-state index >= 15 is 0 Å². The summed E-state index contributed by atoms with van der Waals surface area (Å²) in [4.78, 5) is 9.95. The van der Waals surface area contributed by atoms with E-state index in [0.717, 1.165) is 5.56 Å². The SMILES string of the molecule is O=CNCCc1cc(Cl)ccc1O. The number of amides is 1. The summed E-state index contributed by atoms with van der Waals surface area (Å²) >= 11 is 5.73. The topological polar surface area (TPSA) is 49.3 Å². The Bertz CT molecular complexity index is 302. The molecule has 0 aliphatic carbocycles. The van der Waals surface area contributed by atoms with Gasteiger partial charge in [-0.05, 0) is 30.2 Å². The van der Waals surface area contributed by atoms with Crippen molar-refractivity contribution in [3.63, 3.8) is 0 Å². The first-order valence-corrected chi connectivity index (χ1v) is 4.26. The number of phenols is 1. The first-order chi connectivity index (χ1) is 6.24. The molecule has 1 rings (SSSR count). The van der Waals surface area contributed by atoms with Gasteiger partial charge in [-0.25, -0.2) is 0 Å². The van der Waals surface area contributed by atoms with Gasteiger partial charge in [-0.3, -0.25) is 4.79 Å². The maximum absolute atomic E-state index is 9.95. The largest absolute Gasteiger partial charge is 0.508 e. The number of carbonyl (C=O) groups excluding carboxylic acids is 1. The van der Waals surface area contributed by atoms with Crippen LogP contribution < -0.4 is 5.32 Å². The predicted octanol–water partition coefficient (Wildman–Crippen LogP) is 1.33. The summed E-state index contributed by atoms with van der Waals surface area (Å²) in [5.41, 5.74) is 0.738. The molecule has 3 nitrogen and oxygen atoms in total. The Morgan fingerprint density at radius 2 is 2.31 bits per heavy atom. The smallest absolute Gasteiger partial charge is 0.207 e. The van der Waals surface area contributed by atoms with Crippen LogP contribution in [-0.2, 0) is 11.2 Å². The number of aromatic hydroxyl groups is 1. The highest BCUT2D eigenvalue weighted by Gasteiger charge is 2.00. The standard InChI is InChI=1S/C9H10ClNO2/c10-8-1-2-9(13)7(5-8)3-4-11-6-12/h1-2,5-6,13H,3-4H2,(H,11,12). The number of halogens is 1. The Balaban J connectivity index is 2.64. The van der Waals surface area contributed by atoms with Crippen molar-refractivity contribution in [1.82, 2.24) is 5.32 Å². The van der Waals surface area contributed by atoms with E-state index in [-0.39, 0.29) is 5.75 Å². The Morgan fingerprint density at radius 3 is 3.00 bits per heavy atom. The third kappa shape index (κ3) is 2.95. The third-order valence-electron chi connectivity index (χ3n) is 1.66. The zero-order valence-corrected chi connectivity index (χ0v) is 7.71. The van der Waals surface area contributed by atoms with E-state index in [1.165, 1.54) is 0 Å². The van der Waals surface area contributed by atoms with Gasteiger partial charge in [0.05, 0.1) is 0 Å². The first kappa shape index (κ1) is 9.86. The van der Waals surface area contributed by atoms with Crippen LogP contribution in [0.5, 0.6) is 5.75 Å². The van der Waals surface area contributed by atoms with Crippen molar-refractivity contribution in [2.45, 2.75) is 6.42 Å². The van der Waals surface area contributed by atoms with Gasteiger partial charge in [0.25, 0.3) is 0 Å². The molecule has 1 aromatic carbocycles. The summed E-state index contributed by atoms with van der Waals surface area (Å²) in [5.74, 6) is 0.206. The normalized spacial score (nSPS) is 9.62. The second kappa shape index (κ2) is 4.72. The molecule has 0 saturated heterocycles. The molecule has 0 radical (unpaired) electrons. The molecule has 0 heterocycles. The fourth-order valence-corrected chi connectivity index (χ4v) is 1.21. The Hall–Kier alpha value is -1.22. The number of carbonyl (C=O) groups is 1. The van der Waals surface area contributed by atoms with E-state index in [0.29, 0.717) is 24.4 Å². The van der Waals surface area contributed by atoms with E-state index in [9.17, 15) is 9.90 Å². The highest BCUT2D eigenvalue weighted by atomic mass is 35.5. The van der Waals surface area contributed by atoms with Gasteiger partial charge in [0, 0.05) is 11.6 Å². The molecule has 1 amide bonds. The molecule has 0 aromatic heterocycles. The van der Waals surface area contributed by atoms with Gasteiger partial charge in [0.15, 0.2) is 0 Å². The van der Waals surface area contributed by atoms with Crippen LogP contribution in [0.2, 0.25) is 5.02 Å². The van der Waals surface area contributed by atoms with Crippen molar-refractivity contribution in [3.8, 4) is 5.75 Å². The molecule has 0 aliphatic heterocycles. The summed E-state index contributed by atoms with van der Waals surface area (Å²) in [5, 5.41) is 12.5. The van der Waals surface area contributed by atoms with Crippen LogP contribution in [-0.4, -0.2) is 18.1 Å². The minimum atomic E-state index is 0.206. The molecule has 0 atom stereocenters. The molecule has 2 N–H and O–H groups in total. The van der Waals surface area contributed by atoms with Crippen molar-refractivity contribution >= 4 is 18.0 Å². The van der Waals surface area contributed by atoms with Gasteiger partial charge in [0.1, 0.15) is 5.75 Å². The predicted molar refractivity (Wildman–Crippen MR) is 50.9 cm³/mol. The fraction of sp³-hybridized carbons (Fsp3) is 0.222. The Kier molecular flexibility index (Phi) is 3.58. The first-order valence-electron chi connectivity index (χ1n) is 3.88. The van der Waals surface area contributed by atoms with Crippen LogP contribution in [0.4, 0.5) is 0 Å². The minimum absolute atomic E-state index is 0.206. The molecular weight excluding hydrogens is 190 g/mol. The molecule has 13 heavy (non-hydrogen) atoms. The maximum atomic E-state index is 9.95. The van der Waals surface area contributed by atoms with Crippen LogP contribution in [0.25, 0.3) is 0 Å². The van der Waals surface area contributed by atoms with Crippen LogP contribution in [0.1, 0.15) is 5.56 Å². The Morgan fingerprint density at radius 1 is 1.54 bits per heavy atom. The quantitative estimate of drug-likeness (QED) is 0.568. The third-order valence-corrected chi connectivity index (χ3v) is 1.90. The van der Waals surface area contributed by atoms with Gasteiger partial charge in [-0.1, -0.05) is 11.6 Å². The second-order valence-corrected chi connectivity index (χ2v) is 3.03. The summed E-state index contributed by atoms with van der Waals surface area (Å²) in [6, 6.07) is 4.84. The summed E-state index contributed by atoms with van der Waals surface area (Å²) < 4.78 is 0. The van der Waals surface area contributed by atoms with Crippen molar-refractivity contribution < 1.29 is 9.90 Å². The van der Waals surface area contributed by atoms with E-state index < -0.39 is 0 Å². The number of benzene rings is 1. The lowest BCUT2D eigenvalue weighted by Gasteiger charge is -2.03. The zero-order chi connectivity index (χ0) is 9.68. The molecule has 0 aliphatic rings. The maximum Gasteiger partial charge on any atom is 0.207 e. The van der Waals surface area contributed by atoms with Gasteiger partial charge in [-0.15, -0.1) is 0 Å². The van der Waals surface area contributed by atoms with Gasteiger partial charge in [-0.2, -0.15) is 0 Å². The average Bonchev–Trinajstić information content (AvgIpc) is 2.11. The molecular formula is C9H10ClNO2. The molecule has 1 aromatic rings. The lowest BCUT2D eigenvalue weighted by atomic mass is 10.1. The molecule has 0 bridgehead atoms. The van der Waals surface area contributed by atoms with E-state index in [1.54, 1.807) is 18.2 Å². The number of phenolic OH excluding ortho intramolecular Hbond substituents is 1. The van der Waals surface area contributed by atoms with Crippen LogP contribution in [0, 0.1) is 0 Å². The van der Waals surface area contributed by atoms with E-state index in [4.69, 9.17) is 11.6 Å². The lowest BCUT2D eigenvalue weighted by molar-refractivity contribution is -0.109. The average molecular weight is 200 g/mol. The van der Waals surface area contributed by atoms with Crippen molar-refractivity contribution in [1.29, 1.82) is 0 Å². The number of hydrogen-bond acceptors (Lipinski definition) is 2. The zero-order valence-electron chi connectivity index (χ0n) is 6.96. The fourth-order valence-electron chi connectivity index (χ4n) is 1.02. The monoisotopic (exact) mass is 199 g/mol. The number of hydrogen-bond donors (Lipinski definition) is 2. The highest BCUT2D eigenvalue weighted by molar-refractivity contribution is 6.30. The van der Waals surface area contributed by atoms with E-state index in [1.807, 2.05) is 0 Å². The second-order valence-electron chi connectivity index (χ2n) is 2.60. The number of rotatable bonds is 4. The van der Waals surface area contributed by atoms with Crippen LogP contribution >= 0.6 is 11.6 Å². The van der Waals surface area contributed by atoms with Crippen molar-refractivity contribution in [2.75, 3.05) is 6.54 Å². The summed E-state index contributed by atoms with van der Waals surface area (Å²) in [7, 11) is 0. The number of nitrogens with one attached hydrogen (secondary N) is 1. The van der Waals surface area contributed by atoms with Gasteiger partial charge < -0.3 is 10.4 Å². The van der Waals surface area contributed by atoms with Crippen molar-refractivity contribution in [3.05, 3.63) is 28.8 Å². The summed E-state index contributed by atoms with van der Waals surface area (Å²) in [6.07, 6.45) is 1.20.